The van der Waals surface area contributed by atoms with Crippen LogP contribution in [0.3, 0.4) is 0 Å². The molecule has 7 nitrogen and oxygen atoms in total. The van der Waals surface area contributed by atoms with Crippen LogP contribution < -0.4 is 0 Å². The third kappa shape index (κ3) is 4.71. The molecule has 0 bridgehead atoms. The Bertz CT molecular complexity index is 688. The van der Waals surface area contributed by atoms with Gasteiger partial charge in [-0.2, -0.15) is 0 Å². The molecule has 2 aliphatic rings. The minimum absolute atomic E-state index is 0.205. The molecule has 1 aliphatic heterocycles. The van der Waals surface area contributed by atoms with E-state index in [9.17, 15) is 10.1 Å². The number of nitrogens with zero attached hydrogens (tertiary/aromatic N) is 5. The Balaban J connectivity index is 1.84. The number of pyridine rings is 1. The first kappa shape index (κ1) is 19.9. The fourth-order valence-corrected chi connectivity index (χ4v) is 4.30. The van der Waals surface area contributed by atoms with Crippen LogP contribution in [0.15, 0.2) is 29.8 Å². The van der Waals surface area contributed by atoms with Crippen molar-refractivity contribution in [1.82, 2.24) is 19.7 Å². The minimum atomic E-state index is -0.205. The summed E-state index contributed by atoms with van der Waals surface area (Å²) in [5.74, 6) is 0.713. The summed E-state index contributed by atoms with van der Waals surface area (Å²) < 4.78 is 0. The zero-order valence-corrected chi connectivity index (χ0v) is 16.9. The molecule has 148 valence electrons. The van der Waals surface area contributed by atoms with Crippen molar-refractivity contribution in [3.05, 3.63) is 50.7 Å². The number of nitro groups is 1. The topological polar surface area (TPSA) is 65.8 Å². The van der Waals surface area contributed by atoms with Gasteiger partial charge in [0.15, 0.2) is 5.82 Å². The monoisotopic (exact) mass is 393 g/mol. The van der Waals surface area contributed by atoms with Gasteiger partial charge < -0.3 is 9.80 Å². The van der Waals surface area contributed by atoms with E-state index < -0.39 is 0 Å². The molecule has 27 heavy (non-hydrogen) atoms. The van der Waals surface area contributed by atoms with E-state index in [-0.39, 0.29) is 10.6 Å². The van der Waals surface area contributed by atoms with Gasteiger partial charge in [0.1, 0.15) is 5.15 Å². The first-order valence-corrected chi connectivity index (χ1v) is 10.1. The standard InChI is InChI=1S/C19H28ClN5O2/c1-3-23(12-15-9-10-18(20)21-11-15)19-17(25(26)27)13-24(14-22(19)2)16-7-5-4-6-8-16/h9-11,16H,3-8,12-14H2,1-2H3. The molecule has 8 heteroatoms. The second-order valence-electron chi connectivity index (χ2n) is 7.41. The van der Waals surface area contributed by atoms with E-state index in [4.69, 9.17) is 11.6 Å². The van der Waals surface area contributed by atoms with Crippen molar-refractivity contribution in [1.29, 1.82) is 0 Å². The lowest BCUT2D eigenvalue weighted by atomic mass is 9.94. The van der Waals surface area contributed by atoms with Crippen LogP contribution in [0.2, 0.25) is 5.15 Å². The molecule has 2 heterocycles. The van der Waals surface area contributed by atoms with Crippen molar-refractivity contribution in [2.75, 3.05) is 26.8 Å². The fourth-order valence-electron chi connectivity index (χ4n) is 4.18. The third-order valence-electron chi connectivity index (χ3n) is 5.52. The van der Waals surface area contributed by atoms with E-state index >= 15 is 0 Å². The van der Waals surface area contributed by atoms with Crippen LogP contribution in [-0.4, -0.2) is 57.5 Å². The number of aromatic nitrogens is 1. The van der Waals surface area contributed by atoms with Gasteiger partial charge in [-0.25, -0.2) is 4.98 Å². The Labute approximate surface area is 165 Å². The van der Waals surface area contributed by atoms with E-state index in [1.54, 1.807) is 12.3 Å². The molecular weight excluding hydrogens is 366 g/mol. The lowest BCUT2D eigenvalue weighted by Crippen LogP contribution is -2.51. The van der Waals surface area contributed by atoms with E-state index in [2.05, 4.69) is 14.8 Å². The van der Waals surface area contributed by atoms with Gasteiger partial charge in [0, 0.05) is 32.4 Å². The van der Waals surface area contributed by atoms with Crippen molar-refractivity contribution in [3.63, 3.8) is 0 Å². The van der Waals surface area contributed by atoms with Gasteiger partial charge in [-0.3, -0.25) is 15.0 Å². The Morgan fingerprint density at radius 2 is 2.07 bits per heavy atom. The molecule has 1 aromatic heterocycles. The highest BCUT2D eigenvalue weighted by Gasteiger charge is 2.36. The summed E-state index contributed by atoms with van der Waals surface area (Å²) >= 11 is 5.87. The molecular formula is C19H28ClN5O2. The van der Waals surface area contributed by atoms with Gasteiger partial charge in [0.25, 0.3) is 5.70 Å². The lowest BCUT2D eigenvalue weighted by molar-refractivity contribution is -0.434. The predicted molar refractivity (Wildman–Crippen MR) is 106 cm³/mol. The average molecular weight is 394 g/mol. The smallest absolute Gasteiger partial charge is 0.300 e. The number of hydrogen-bond donors (Lipinski definition) is 0. The first-order valence-electron chi connectivity index (χ1n) is 9.67. The Kier molecular flexibility index (Phi) is 6.55. The molecule has 0 saturated heterocycles. The maximum Gasteiger partial charge on any atom is 0.300 e. The molecule has 0 spiro atoms. The maximum atomic E-state index is 11.9. The molecule has 0 aromatic carbocycles. The zero-order chi connectivity index (χ0) is 19.4. The average Bonchev–Trinajstić information content (AvgIpc) is 2.68. The van der Waals surface area contributed by atoms with Crippen molar-refractivity contribution in [2.24, 2.45) is 0 Å². The third-order valence-corrected chi connectivity index (χ3v) is 5.74. The first-order chi connectivity index (χ1) is 13.0. The van der Waals surface area contributed by atoms with Crippen LogP contribution in [0.5, 0.6) is 0 Å². The maximum absolute atomic E-state index is 11.9. The summed E-state index contributed by atoms with van der Waals surface area (Å²) in [6.45, 7) is 4.42. The van der Waals surface area contributed by atoms with Crippen LogP contribution in [0, 0.1) is 10.1 Å². The second-order valence-corrected chi connectivity index (χ2v) is 7.80. The summed E-state index contributed by atoms with van der Waals surface area (Å²) in [5.41, 5.74) is 1.28. The molecule has 3 rings (SSSR count). The van der Waals surface area contributed by atoms with E-state index in [1.807, 2.05) is 24.9 Å². The second kappa shape index (κ2) is 8.89. The largest absolute Gasteiger partial charge is 0.349 e. The molecule has 0 amide bonds. The summed E-state index contributed by atoms with van der Waals surface area (Å²) in [4.78, 5) is 22.2. The van der Waals surface area contributed by atoms with Gasteiger partial charge in [-0.05, 0) is 31.4 Å². The van der Waals surface area contributed by atoms with Gasteiger partial charge in [0.05, 0.1) is 18.1 Å². The van der Waals surface area contributed by atoms with Crippen LogP contribution >= 0.6 is 11.6 Å². The highest BCUT2D eigenvalue weighted by molar-refractivity contribution is 6.29. The van der Waals surface area contributed by atoms with Crippen molar-refractivity contribution >= 4 is 11.6 Å². The molecule has 0 atom stereocenters. The quantitative estimate of drug-likeness (QED) is 0.418. The predicted octanol–water partition coefficient (Wildman–Crippen LogP) is 3.54. The van der Waals surface area contributed by atoms with Crippen LogP contribution in [0.4, 0.5) is 0 Å². The van der Waals surface area contributed by atoms with Crippen LogP contribution in [-0.2, 0) is 6.54 Å². The summed E-state index contributed by atoms with van der Waals surface area (Å²) in [6.07, 6.45) is 7.74. The Morgan fingerprint density at radius 3 is 2.67 bits per heavy atom. The molecule has 1 aliphatic carbocycles. The zero-order valence-electron chi connectivity index (χ0n) is 16.1. The minimum Gasteiger partial charge on any atom is -0.349 e. The number of rotatable bonds is 6. The molecule has 1 fully saturated rings. The normalized spacial score (nSPS) is 19.4. The van der Waals surface area contributed by atoms with E-state index in [0.29, 0.717) is 36.7 Å². The van der Waals surface area contributed by atoms with Gasteiger partial charge in [-0.15, -0.1) is 0 Å². The van der Waals surface area contributed by atoms with Gasteiger partial charge in [0.2, 0.25) is 0 Å². The summed E-state index contributed by atoms with van der Waals surface area (Å²) in [6, 6.07) is 4.12. The van der Waals surface area contributed by atoms with E-state index in [1.165, 1.54) is 19.3 Å². The molecule has 1 aromatic rings. The SMILES string of the molecule is CCN(Cc1ccc(Cl)nc1)C1=C([N+](=O)[O-])CN(C2CCCCC2)CN1C. The summed E-state index contributed by atoms with van der Waals surface area (Å²) in [5, 5.41) is 12.3. The molecule has 0 N–H and O–H groups in total. The Hall–Kier alpha value is -1.86. The van der Waals surface area contributed by atoms with Gasteiger partial charge in [-0.1, -0.05) is 36.9 Å². The molecule has 1 saturated carbocycles. The van der Waals surface area contributed by atoms with Crippen molar-refractivity contribution in [2.45, 2.75) is 51.6 Å². The van der Waals surface area contributed by atoms with Crippen molar-refractivity contribution in [3.8, 4) is 0 Å². The van der Waals surface area contributed by atoms with Crippen LogP contribution in [0.25, 0.3) is 0 Å². The highest BCUT2D eigenvalue weighted by atomic mass is 35.5. The summed E-state index contributed by atoms with van der Waals surface area (Å²) in [7, 11) is 1.95. The molecule has 0 radical (unpaired) electrons. The molecule has 0 unspecified atom stereocenters. The fraction of sp³-hybridized carbons (Fsp3) is 0.632. The van der Waals surface area contributed by atoms with Crippen LogP contribution in [0.1, 0.15) is 44.6 Å². The number of hydrogen-bond acceptors (Lipinski definition) is 6. The number of halogens is 1. The highest BCUT2D eigenvalue weighted by Crippen LogP contribution is 2.29. The van der Waals surface area contributed by atoms with E-state index in [0.717, 1.165) is 25.1 Å². The Morgan fingerprint density at radius 1 is 1.33 bits per heavy atom. The van der Waals surface area contributed by atoms with Crippen molar-refractivity contribution < 1.29 is 4.92 Å². The lowest BCUT2D eigenvalue weighted by Gasteiger charge is -2.43. The van der Waals surface area contributed by atoms with Gasteiger partial charge >= 0.3 is 0 Å².